The van der Waals surface area contributed by atoms with Gasteiger partial charge in [-0.15, -0.1) is 0 Å². The van der Waals surface area contributed by atoms with Gasteiger partial charge in [0.1, 0.15) is 17.4 Å². The number of benzene rings is 1. The largest absolute Gasteiger partial charge is 0.480 e. The first-order valence-corrected chi connectivity index (χ1v) is 7.96. The van der Waals surface area contributed by atoms with Crippen molar-refractivity contribution in [1.29, 1.82) is 0 Å². The molecule has 9 heteroatoms. The number of aliphatic carboxylic acids is 1. The molecule has 6 nitrogen and oxygen atoms in total. The van der Waals surface area contributed by atoms with Crippen LogP contribution in [0.15, 0.2) is 29.2 Å². The van der Waals surface area contributed by atoms with Gasteiger partial charge >= 0.3 is 5.97 Å². The second kappa shape index (κ2) is 7.58. The highest BCUT2D eigenvalue weighted by atomic mass is 35.5. The molecule has 2 amide bonds. The molecule has 2 N–H and O–H groups in total. The first kappa shape index (κ1) is 17.5. The Kier molecular flexibility index (Phi) is 5.75. The van der Waals surface area contributed by atoms with E-state index in [0.717, 1.165) is 22.2 Å². The zero-order valence-electron chi connectivity index (χ0n) is 11.6. The molecule has 1 aliphatic heterocycles. The minimum atomic E-state index is -1.16. The van der Waals surface area contributed by atoms with Gasteiger partial charge < -0.3 is 10.4 Å². The van der Waals surface area contributed by atoms with Gasteiger partial charge in [-0.25, -0.2) is 0 Å². The summed E-state index contributed by atoms with van der Waals surface area (Å²) in [4.78, 5) is 35.8. The highest BCUT2D eigenvalue weighted by molar-refractivity contribution is 8.26. The second-order valence-electron chi connectivity index (χ2n) is 4.49. The molecule has 1 heterocycles. The van der Waals surface area contributed by atoms with Crippen molar-refractivity contribution in [1.82, 2.24) is 10.2 Å². The summed E-state index contributed by atoms with van der Waals surface area (Å²) in [5, 5.41) is 11.3. The van der Waals surface area contributed by atoms with Crippen molar-refractivity contribution in [2.24, 2.45) is 0 Å². The van der Waals surface area contributed by atoms with Crippen LogP contribution in [0.5, 0.6) is 0 Å². The van der Waals surface area contributed by atoms with E-state index in [2.05, 4.69) is 5.32 Å². The van der Waals surface area contributed by atoms with E-state index in [1.54, 1.807) is 30.3 Å². The minimum absolute atomic E-state index is 0.251. The molecule has 1 aromatic carbocycles. The number of rotatable bonds is 5. The van der Waals surface area contributed by atoms with E-state index in [9.17, 15) is 14.4 Å². The number of nitrogens with zero attached hydrogens (tertiary/aromatic N) is 1. The van der Waals surface area contributed by atoms with Gasteiger partial charge in [-0.3, -0.25) is 19.3 Å². The number of carboxylic acid groups (broad SMARTS) is 1. The molecule has 1 aliphatic rings. The number of amides is 2. The number of carbonyl (C=O) groups is 3. The molecule has 2 rings (SSSR count). The Morgan fingerprint density at radius 2 is 2.00 bits per heavy atom. The van der Waals surface area contributed by atoms with E-state index in [-0.39, 0.29) is 16.8 Å². The normalized spacial score (nSPS) is 16.0. The molecular formula is C14H11ClN2O4S2. The number of halogens is 1. The maximum atomic E-state index is 12.3. The number of nitrogens with one attached hydrogen (secondary N) is 1. The Morgan fingerprint density at radius 1 is 1.35 bits per heavy atom. The molecule has 0 bridgehead atoms. The third kappa shape index (κ3) is 4.78. The summed E-state index contributed by atoms with van der Waals surface area (Å²) in [6.45, 7) is -0.815. The summed E-state index contributed by atoms with van der Waals surface area (Å²) in [7, 11) is 0. The SMILES string of the molecule is O=C(O)CNC(=O)CN1C(=O)/C(=C\c2ccc(Cl)cc2)SC1=S. The molecule has 120 valence electrons. The molecular weight excluding hydrogens is 360 g/mol. The molecule has 23 heavy (non-hydrogen) atoms. The second-order valence-corrected chi connectivity index (χ2v) is 6.60. The first-order chi connectivity index (χ1) is 10.9. The number of hydrogen-bond acceptors (Lipinski definition) is 5. The summed E-state index contributed by atoms with van der Waals surface area (Å²) < 4.78 is 0.251. The maximum Gasteiger partial charge on any atom is 0.322 e. The summed E-state index contributed by atoms with van der Waals surface area (Å²) in [6, 6.07) is 6.92. The molecule has 0 saturated carbocycles. The van der Waals surface area contributed by atoms with Gasteiger partial charge in [0.2, 0.25) is 5.91 Å². The lowest BCUT2D eigenvalue weighted by molar-refractivity contribution is -0.138. The van der Waals surface area contributed by atoms with Gasteiger partial charge in [0.05, 0.1) is 4.91 Å². The molecule has 1 aromatic rings. The Hall–Kier alpha value is -1.90. The van der Waals surface area contributed by atoms with E-state index in [1.807, 2.05) is 0 Å². The molecule has 0 aromatic heterocycles. The zero-order valence-corrected chi connectivity index (χ0v) is 14.0. The van der Waals surface area contributed by atoms with Crippen molar-refractivity contribution >= 4 is 63.8 Å². The van der Waals surface area contributed by atoms with Crippen LogP contribution in [0.1, 0.15) is 5.56 Å². The fourth-order valence-electron chi connectivity index (χ4n) is 1.72. The van der Waals surface area contributed by atoms with Gasteiger partial charge in [-0.2, -0.15) is 0 Å². The monoisotopic (exact) mass is 370 g/mol. The van der Waals surface area contributed by atoms with Gasteiger partial charge in [-0.05, 0) is 23.8 Å². The van der Waals surface area contributed by atoms with Crippen LogP contribution in [0.2, 0.25) is 5.02 Å². The Balaban J connectivity index is 2.06. The van der Waals surface area contributed by atoms with Crippen LogP contribution in [0, 0.1) is 0 Å². The topological polar surface area (TPSA) is 86.7 Å². The van der Waals surface area contributed by atoms with Crippen LogP contribution in [-0.2, 0) is 14.4 Å². The summed E-state index contributed by atoms with van der Waals surface area (Å²) in [5.74, 6) is -2.14. The maximum absolute atomic E-state index is 12.3. The summed E-state index contributed by atoms with van der Waals surface area (Å²) >= 11 is 12.0. The summed E-state index contributed by atoms with van der Waals surface area (Å²) in [6.07, 6.45) is 1.66. The average molecular weight is 371 g/mol. The third-order valence-corrected chi connectivity index (χ3v) is 4.41. The Morgan fingerprint density at radius 3 is 2.61 bits per heavy atom. The highest BCUT2D eigenvalue weighted by Crippen LogP contribution is 2.32. The van der Waals surface area contributed by atoms with E-state index in [1.165, 1.54) is 0 Å². The highest BCUT2D eigenvalue weighted by Gasteiger charge is 2.33. The molecule has 1 fully saturated rings. The zero-order chi connectivity index (χ0) is 17.0. The molecule has 0 unspecified atom stereocenters. The summed E-state index contributed by atoms with van der Waals surface area (Å²) in [5.41, 5.74) is 0.783. The molecule has 0 radical (unpaired) electrons. The first-order valence-electron chi connectivity index (χ1n) is 6.36. The van der Waals surface area contributed by atoms with Gasteiger partial charge in [-0.1, -0.05) is 47.7 Å². The van der Waals surface area contributed by atoms with E-state index in [4.69, 9.17) is 28.9 Å². The Labute approximate surface area is 146 Å². The van der Waals surface area contributed by atoms with Crippen LogP contribution in [-0.4, -0.2) is 45.2 Å². The van der Waals surface area contributed by atoms with Gasteiger partial charge in [0.15, 0.2) is 0 Å². The van der Waals surface area contributed by atoms with E-state index < -0.39 is 18.4 Å². The fraction of sp³-hybridized carbons (Fsp3) is 0.143. The lowest BCUT2D eigenvalue weighted by Crippen LogP contribution is -2.41. The Bertz CT molecular complexity index is 703. The van der Waals surface area contributed by atoms with Crippen LogP contribution in [0.3, 0.4) is 0 Å². The molecule has 1 saturated heterocycles. The molecule has 0 aliphatic carbocycles. The predicted octanol–water partition coefficient (Wildman–Crippen LogP) is 1.74. The van der Waals surface area contributed by atoms with Crippen LogP contribution in [0.25, 0.3) is 6.08 Å². The smallest absolute Gasteiger partial charge is 0.322 e. The van der Waals surface area contributed by atoms with Crippen LogP contribution >= 0.6 is 35.6 Å². The number of carboxylic acids is 1. The third-order valence-electron chi connectivity index (χ3n) is 2.78. The molecule has 0 spiro atoms. The minimum Gasteiger partial charge on any atom is -0.480 e. The number of carbonyl (C=O) groups excluding carboxylic acids is 2. The lowest BCUT2D eigenvalue weighted by atomic mass is 10.2. The van der Waals surface area contributed by atoms with Crippen molar-refractivity contribution in [3.05, 3.63) is 39.8 Å². The van der Waals surface area contributed by atoms with Crippen molar-refractivity contribution < 1.29 is 19.5 Å². The van der Waals surface area contributed by atoms with Crippen molar-refractivity contribution in [2.75, 3.05) is 13.1 Å². The van der Waals surface area contributed by atoms with E-state index in [0.29, 0.717) is 9.93 Å². The molecule has 0 atom stereocenters. The van der Waals surface area contributed by atoms with E-state index >= 15 is 0 Å². The van der Waals surface area contributed by atoms with Crippen molar-refractivity contribution in [3.8, 4) is 0 Å². The van der Waals surface area contributed by atoms with Crippen molar-refractivity contribution in [3.63, 3.8) is 0 Å². The standard InChI is InChI=1S/C14H11ClN2O4S2/c15-9-3-1-8(2-4-9)5-10-13(21)17(14(22)23-10)7-11(18)16-6-12(19)20/h1-5H,6-7H2,(H,16,18)(H,19,20)/b10-5+. The van der Waals surface area contributed by atoms with Gasteiger partial charge in [0, 0.05) is 5.02 Å². The average Bonchev–Trinajstić information content (AvgIpc) is 2.75. The van der Waals surface area contributed by atoms with Crippen molar-refractivity contribution in [2.45, 2.75) is 0 Å². The fourth-order valence-corrected chi connectivity index (χ4v) is 3.10. The quantitative estimate of drug-likeness (QED) is 0.606. The predicted molar refractivity (Wildman–Crippen MR) is 92.0 cm³/mol. The van der Waals surface area contributed by atoms with Crippen LogP contribution < -0.4 is 5.32 Å². The number of thiocarbonyl (C=S) groups is 1. The number of hydrogen-bond donors (Lipinski definition) is 2. The van der Waals surface area contributed by atoms with Crippen LogP contribution in [0.4, 0.5) is 0 Å². The lowest BCUT2D eigenvalue weighted by Gasteiger charge is -2.13. The number of thioether (sulfide) groups is 1. The van der Waals surface area contributed by atoms with Gasteiger partial charge in [0.25, 0.3) is 5.91 Å².